The van der Waals surface area contributed by atoms with Crippen molar-refractivity contribution in [2.45, 2.75) is 0 Å². The third kappa shape index (κ3) is 4.36. The van der Waals surface area contributed by atoms with Crippen LogP contribution < -0.4 is 4.90 Å². The van der Waals surface area contributed by atoms with Gasteiger partial charge in [-0.1, -0.05) is 127 Å². The summed E-state index contributed by atoms with van der Waals surface area (Å²) < 4.78 is 6.26. The number of para-hydroxylation sites is 1. The highest BCUT2D eigenvalue weighted by molar-refractivity contribution is 6.20. The normalized spacial score (nSPS) is 11.8. The first-order valence-corrected chi connectivity index (χ1v) is 17.7. The molecule has 9 aromatic carbocycles. The molecule has 11 rings (SSSR count). The fourth-order valence-electron chi connectivity index (χ4n) is 8.24. The number of hydrogen-bond acceptors (Lipinski definition) is 3. The Morgan fingerprint density at radius 3 is 1.83 bits per heavy atom. The molecule has 0 bridgehead atoms. The van der Waals surface area contributed by atoms with Crippen molar-refractivity contribution in [2.75, 3.05) is 4.90 Å². The predicted octanol–water partition coefficient (Wildman–Crippen LogP) is 13.7. The second kappa shape index (κ2) is 11.3. The van der Waals surface area contributed by atoms with Gasteiger partial charge in [0.2, 0.25) is 5.89 Å². The highest BCUT2D eigenvalue weighted by Crippen LogP contribution is 2.49. The van der Waals surface area contributed by atoms with Crippen LogP contribution in [0.3, 0.4) is 0 Å². The second-order valence-electron chi connectivity index (χ2n) is 13.5. The zero-order valence-electron chi connectivity index (χ0n) is 28.1. The molecular formula is C49H30N2O. The molecule has 10 aromatic rings. The number of oxazole rings is 1. The molecule has 0 saturated carbocycles. The van der Waals surface area contributed by atoms with Crippen molar-refractivity contribution in [1.82, 2.24) is 4.98 Å². The summed E-state index contributed by atoms with van der Waals surface area (Å²) >= 11 is 0. The summed E-state index contributed by atoms with van der Waals surface area (Å²) in [6.45, 7) is 0. The molecule has 0 N–H and O–H groups in total. The van der Waals surface area contributed by atoms with Crippen LogP contribution in [0, 0.1) is 0 Å². The molecule has 0 fully saturated rings. The number of benzene rings is 9. The van der Waals surface area contributed by atoms with Gasteiger partial charge in [0.15, 0.2) is 5.58 Å². The first-order chi connectivity index (χ1) is 25.8. The lowest BCUT2D eigenvalue weighted by molar-refractivity contribution is 0.620. The molecule has 242 valence electrons. The van der Waals surface area contributed by atoms with E-state index < -0.39 is 0 Å². The van der Waals surface area contributed by atoms with Crippen LogP contribution in [0.25, 0.3) is 88.3 Å². The second-order valence-corrected chi connectivity index (χ2v) is 13.5. The first kappa shape index (κ1) is 28.8. The molecule has 3 heteroatoms. The van der Waals surface area contributed by atoms with Crippen molar-refractivity contribution < 1.29 is 4.42 Å². The van der Waals surface area contributed by atoms with Crippen LogP contribution in [0.4, 0.5) is 17.1 Å². The molecule has 1 heterocycles. The standard InChI is InChI=1S/C49H30N2O/c1-3-10-33(11-4-1)49-50-48-45(52-49)29-22-32-18-19-34-30-37(25-26-39(34)46(32)48)51(35-12-5-2-6-13-35)36-23-20-31(21-24-36)38-27-28-44-41-15-8-7-14-40(41)43-17-9-16-42(38)47(43)44/h1-30H. The summed E-state index contributed by atoms with van der Waals surface area (Å²) in [5.41, 5.74) is 13.7. The molecule has 0 spiro atoms. The van der Waals surface area contributed by atoms with E-state index in [-0.39, 0.29) is 0 Å². The Bertz CT molecular complexity index is 2970. The van der Waals surface area contributed by atoms with E-state index in [4.69, 9.17) is 9.40 Å². The maximum Gasteiger partial charge on any atom is 0.227 e. The Morgan fingerprint density at radius 2 is 1.02 bits per heavy atom. The average molecular weight is 663 g/mol. The smallest absolute Gasteiger partial charge is 0.227 e. The van der Waals surface area contributed by atoms with E-state index in [1.165, 1.54) is 44.2 Å². The van der Waals surface area contributed by atoms with Gasteiger partial charge >= 0.3 is 0 Å². The van der Waals surface area contributed by atoms with Gasteiger partial charge in [0.05, 0.1) is 0 Å². The number of anilines is 3. The summed E-state index contributed by atoms with van der Waals surface area (Å²) in [4.78, 5) is 7.35. The summed E-state index contributed by atoms with van der Waals surface area (Å²) in [5.74, 6) is 0.637. The minimum absolute atomic E-state index is 0.637. The van der Waals surface area contributed by atoms with E-state index in [1.807, 2.05) is 36.4 Å². The van der Waals surface area contributed by atoms with Crippen LogP contribution in [0.5, 0.6) is 0 Å². The Hall–Kier alpha value is -6.97. The lowest BCUT2D eigenvalue weighted by Gasteiger charge is -2.26. The van der Waals surface area contributed by atoms with Crippen LogP contribution in [0.1, 0.15) is 0 Å². The Kier molecular flexibility index (Phi) is 6.25. The van der Waals surface area contributed by atoms with Crippen LogP contribution >= 0.6 is 0 Å². The van der Waals surface area contributed by atoms with E-state index in [0.717, 1.165) is 55.3 Å². The Labute approximate surface area is 300 Å². The van der Waals surface area contributed by atoms with E-state index in [1.54, 1.807) is 0 Å². The highest BCUT2D eigenvalue weighted by atomic mass is 16.3. The van der Waals surface area contributed by atoms with Gasteiger partial charge in [0, 0.05) is 28.0 Å². The van der Waals surface area contributed by atoms with Gasteiger partial charge in [-0.15, -0.1) is 0 Å². The SMILES string of the molecule is c1ccc(-c2nc3c(ccc4ccc5cc(N(c6ccccc6)c6ccc(-c7ccc8c9c(cccc79)-c7ccccc7-8)cc6)ccc5c43)o2)cc1. The molecule has 3 nitrogen and oxygen atoms in total. The lowest BCUT2D eigenvalue weighted by Crippen LogP contribution is -2.09. The fourth-order valence-corrected chi connectivity index (χ4v) is 8.24. The predicted molar refractivity (Wildman–Crippen MR) is 217 cm³/mol. The van der Waals surface area contributed by atoms with Gasteiger partial charge in [-0.05, 0) is 115 Å². The van der Waals surface area contributed by atoms with Crippen molar-refractivity contribution in [3.05, 3.63) is 182 Å². The Balaban J connectivity index is 1.02. The molecular weight excluding hydrogens is 633 g/mol. The summed E-state index contributed by atoms with van der Waals surface area (Å²) in [5, 5.41) is 7.18. The molecule has 0 atom stereocenters. The summed E-state index contributed by atoms with van der Waals surface area (Å²) in [6.07, 6.45) is 0. The van der Waals surface area contributed by atoms with E-state index >= 15 is 0 Å². The van der Waals surface area contributed by atoms with Crippen LogP contribution in [-0.4, -0.2) is 4.98 Å². The van der Waals surface area contributed by atoms with Gasteiger partial charge in [-0.2, -0.15) is 0 Å². The third-order valence-electron chi connectivity index (χ3n) is 10.6. The van der Waals surface area contributed by atoms with Gasteiger partial charge in [-0.3, -0.25) is 0 Å². The lowest BCUT2D eigenvalue weighted by atomic mass is 9.94. The largest absolute Gasteiger partial charge is 0.436 e. The van der Waals surface area contributed by atoms with Crippen molar-refractivity contribution in [3.8, 4) is 44.8 Å². The molecule has 52 heavy (non-hydrogen) atoms. The first-order valence-electron chi connectivity index (χ1n) is 17.7. The maximum atomic E-state index is 6.26. The van der Waals surface area contributed by atoms with E-state index in [9.17, 15) is 0 Å². The molecule has 0 saturated heterocycles. The van der Waals surface area contributed by atoms with Crippen molar-refractivity contribution in [1.29, 1.82) is 0 Å². The maximum absolute atomic E-state index is 6.26. The van der Waals surface area contributed by atoms with Crippen molar-refractivity contribution >= 4 is 60.5 Å². The topological polar surface area (TPSA) is 29.3 Å². The number of nitrogens with zero attached hydrogens (tertiary/aromatic N) is 2. The van der Waals surface area contributed by atoms with Crippen LogP contribution in [0.2, 0.25) is 0 Å². The molecule has 0 radical (unpaired) electrons. The van der Waals surface area contributed by atoms with Gasteiger partial charge in [-0.25, -0.2) is 4.98 Å². The molecule has 0 unspecified atom stereocenters. The van der Waals surface area contributed by atoms with Gasteiger partial charge in [0.25, 0.3) is 0 Å². The quantitative estimate of drug-likeness (QED) is 0.172. The third-order valence-corrected chi connectivity index (χ3v) is 10.6. The molecule has 1 aliphatic rings. The Morgan fingerprint density at radius 1 is 0.385 bits per heavy atom. The molecule has 0 amide bonds. The van der Waals surface area contributed by atoms with Crippen molar-refractivity contribution in [3.63, 3.8) is 0 Å². The van der Waals surface area contributed by atoms with Gasteiger partial charge in [0.1, 0.15) is 5.52 Å². The molecule has 0 aliphatic heterocycles. The van der Waals surface area contributed by atoms with Crippen molar-refractivity contribution in [2.24, 2.45) is 0 Å². The zero-order valence-corrected chi connectivity index (χ0v) is 28.1. The average Bonchev–Trinajstić information content (AvgIpc) is 3.80. The van der Waals surface area contributed by atoms with Crippen LogP contribution in [-0.2, 0) is 0 Å². The van der Waals surface area contributed by atoms with E-state index in [0.29, 0.717) is 5.89 Å². The van der Waals surface area contributed by atoms with Gasteiger partial charge < -0.3 is 9.32 Å². The number of hydrogen-bond donors (Lipinski definition) is 0. The summed E-state index contributed by atoms with van der Waals surface area (Å²) in [7, 11) is 0. The molecule has 1 aromatic heterocycles. The fraction of sp³-hybridized carbons (Fsp3) is 0. The number of aromatic nitrogens is 1. The highest BCUT2D eigenvalue weighted by Gasteiger charge is 2.22. The minimum atomic E-state index is 0.637. The number of rotatable bonds is 5. The molecule has 1 aliphatic carbocycles. The zero-order chi connectivity index (χ0) is 34.2. The number of fused-ring (bicyclic) bond motifs is 8. The summed E-state index contributed by atoms with van der Waals surface area (Å²) in [6, 6.07) is 65.1. The van der Waals surface area contributed by atoms with E-state index in [2.05, 4.69) is 150 Å². The van der Waals surface area contributed by atoms with Crippen LogP contribution in [0.15, 0.2) is 186 Å². The monoisotopic (exact) mass is 662 g/mol. The minimum Gasteiger partial charge on any atom is -0.436 e.